The number of methoxy groups -OCH3 is 1. The van der Waals surface area contributed by atoms with Gasteiger partial charge in [-0.25, -0.2) is 13.2 Å². The molecule has 25 heavy (non-hydrogen) atoms. The van der Waals surface area contributed by atoms with Gasteiger partial charge >= 0.3 is 5.97 Å². The first-order valence-corrected chi connectivity index (χ1v) is 9.05. The van der Waals surface area contributed by atoms with Crippen LogP contribution < -0.4 is 5.73 Å². The van der Waals surface area contributed by atoms with Gasteiger partial charge in [0, 0.05) is 11.9 Å². The van der Waals surface area contributed by atoms with E-state index >= 15 is 0 Å². The highest BCUT2D eigenvalue weighted by molar-refractivity contribution is 7.90. The molecule has 0 unspecified atom stereocenters. The smallest absolute Gasteiger partial charge is 0.357 e. The lowest BCUT2D eigenvalue weighted by Gasteiger charge is -2.09. The molecule has 0 aliphatic rings. The monoisotopic (exact) mass is 363 g/mol. The minimum Gasteiger partial charge on any atom is -0.464 e. The molecule has 0 aliphatic carbocycles. The van der Waals surface area contributed by atoms with E-state index < -0.39 is 22.4 Å². The molecule has 0 bridgehead atoms. The van der Waals surface area contributed by atoms with Gasteiger partial charge in [-0.15, -0.1) is 0 Å². The van der Waals surface area contributed by atoms with E-state index in [2.05, 4.69) is 0 Å². The van der Waals surface area contributed by atoms with E-state index in [0.29, 0.717) is 11.3 Å². The number of aliphatic hydroxyl groups is 1. The van der Waals surface area contributed by atoms with Crippen LogP contribution in [0.25, 0.3) is 5.69 Å². The number of aromatic nitrogens is 1. The molecular weight excluding hydrogens is 346 g/mol. The van der Waals surface area contributed by atoms with Gasteiger partial charge in [0.05, 0.1) is 36.5 Å². The van der Waals surface area contributed by atoms with E-state index in [1.54, 1.807) is 24.3 Å². The number of aliphatic hydroxyl groups excluding tert-OH is 1. The topological polar surface area (TPSA) is 135 Å². The van der Waals surface area contributed by atoms with Gasteiger partial charge in [0.25, 0.3) is 0 Å². The fourth-order valence-electron chi connectivity index (χ4n) is 2.34. The lowest BCUT2D eigenvalue weighted by Crippen LogP contribution is -2.13. The van der Waals surface area contributed by atoms with Crippen molar-refractivity contribution >= 4 is 21.5 Å². The van der Waals surface area contributed by atoms with Gasteiger partial charge in [-0.2, -0.15) is 5.26 Å². The standard InChI is InChI=1S/C16H17N3O5S/c1-24-16(21)15-14(18)12(8-17)9-19(15)13-4-2-11(3-5-13)10-25(22,23)7-6-20/h2-5,9,20H,6-7,10,18H2,1H3. The van der Waals surface area contributed by atoms with Crippen LogP contribution in [-0.4, -0.2) is 43.5 Å². The summed E-state index contributed by atoms with van der Waals surface area (Å²) in [7, 11) is -2.18. The van der Waals surface area contributed by atoms with Crippen molar-refractivity contribution in [3.05, 3.63) is 47.3 Å². The summed E-state index contributed by atoms with van der Waals surface area (Å²) >= 11 is 0. The van der Waals surface area contributed by atoms with Crippen molar-refractivity contribution in [2.24, 2.45) is 0 Å². The summed E-state index contributed by atoms with van der Waals surface area (Å²) in [6.07, 6.45) is 1.42. The summed E-state index contributed by atoms with van der Waals surface area (Å²) in [6, 6.07) is 8.30. The third-order valence-electron chi connectivity index (χ3n) is 3.55. The number of carbonyl (C=O) groups is 1. The van der Waals surface area contributed by atoms with Crippen molar-refractivity contribution in [2.75, 3.05) is 25.2 Å². The third kappa shape index (κ3) is 3.99. The predicted octanol–water partition coefficient (Wildman–Crippen LogP) is 0.625. The van der Waals surface area contributed by atoms with E-state index in [1.165, 1.54) is 17.9 Å². The lowest BCUT2D eigenvalue weighted by atomic mass is 10.2. The zero-order valence-corrected chi connectivity index (χ0v) is 14.3. The quantitative estimate of drug-likeness (QED) is 0.718. The molecular formula is C16H17N3O5S. The zero-order valence-electron chi connectivity index (χ0n) is 13.5. The summed E-state index contributed by atoms with van der Waals surface area (Å²) in [4.78, 5) is 11.9. The maximum Gasteiger partial charge on any atom is 0.357 e. The molecule has 0 saturated carbocycles. The number of rotatable bonds is 6. The number of hydrogen-bond acceptors (Lipinski definition) is 7. The molecule has 0 aliphatic heterocycles. The average molecular weight is 363 g/mol. The molecule has 1 aromatic carbocycles. The Morgan fingerprint density at radius 2 is 2.00 bits per heavy atom. The molecule has 1 heterocycles. The molecule has 0 atom stereocenters. The van der Waals surface area contributed by atoms with Crippen LogP contribution in [0.15, 0.2) is 30.5 Å². The number of sulfone groups is 1. The van der Waals surface area contributed by atoms with Gasteiger partial charge in [0.1, 0.15) is 6.07 Å². The van der Waals surface area contributed by atoms with Crippen molar-refractivity contribution in [2.45, 2.75) is 5.75 Å². The Kier molecular flexibility index (Phi) is 5.46. The first kappa shape index (κ1) is 18.5. The van der Waals surface area contributed by atoms with Crippen LogP contribution in [-0.2, 0) is 20.3 Å². The Morgan fingerprint density at radius 3 is 2.52 bits per heavy atom. The average Bonchev–Trinajstić information content (AvgIpc) is 2.91. The molecule has 2 rings (SSSR count). The SMILES string of the molecule is COC(=O)c1c(N)c(C#N)cn1-c1ccc(CS(=O)(=O)CCO)cc1. The molecule has 0 saturated heterocycles. The molecule has 3 N–H and O–H groups in total. The van der Waals surface area contributed by atoms with Crippen molar-refractivity contribution in [1.29, 1.82) is 5.26 Å². The number of nitrogen functional groups attached to an aromatic ring is 1. The maximum absolute atomic E-state index is 11.9. The summed E-state index contributed by atoms with van der Waals surface area (Å²) in [6.45, 7) is -0.428. The number of nitriles is 1. The van der Waals surface area contributed by atoms with Crippen molar-refractivity contribution in [3.8, 4) is 11.8 Å². The number of hydrogen-bond donors (Lipinski definition) is 2. The van der Waals surface area contributed by atoms with E-state index in [4.69, 9.17) is 20.8 Å². The van der Waals surface area contributed by atoms with Crippen LogP contribution in [0, 0.1) is 11.3 Å². The van der Waals surface area contributed by atoms with E-state index in [0.717, 1.165) is 0 Å². The highest BCUT2D eigenvalue weighted by atomic mass is 32.2. The normalized spacial score (nSPS) is 11.1. The molecule has 2 aromatic rings. The zero-order chi connectivity index (χ0) is 18.6. The van der Waals surface area contributed by atoms with Gasteiger partial charge in [-0.05, 0) is 17.7 Å². The third-order valence-corrected chi connectivity index (χ3v) is 5.12. The molecule has 0 radical (unpaired) electrons. The second-order valence-electron chi connectivity index (χ2n) is 5.26. The summed E-state index contributed by atoms with van der Waals surface area (Å²) in [5.74, 6) is -1.19. The maximum atomic E-state index is 11.9. The highest BCUT2D eigenvalue weighted by Gasteiger charge is 2.21. The molecule has 0 amide bonds. The first-order chi connectivity index (χ1) is 11.8. The minimum absolute atomic E-state index is 0.0175. The predicted molar refractivity (Wildman–Crippen MR) is 90.8 cm³/mol. The van der Waals surface area contributed by atoms with Gasteiger partial charge in [-0.3, -0.25) is 0 Å². The van der Waals surface area contributed by atoms with E-state index in [9.17, 15) is 13.2 Å². The summed E-state index contributed by atoms with van der Waals surface area (Å²) < 4.78 is 29.6. The van der Waals surface area contributed by atoms with Crippen LogP contribution >= 0.6 is 0 Å². The van der Waals surface area contributed by atoms with Crippen molar-refractivity contribution in [1.82, 2.24) is 4.57 Å². The second-order valence-corrected chi connectivity index (χ2v) is 7.44. The van der Waals surface area contributed by atoms with Gasteiger partial charge in [0.2, 0.25) is 0 Å². The molecule has 0 spiro atoms. The number of benzene rings is 1. The van der Waals surface area contributed by atoms with E-state index in [1.807, 2.05) is 6.07 Å². The highest BCUT2D eigenvalue weighted by Crippen LogP contribution is 2.25. The van der Waals surface area contributed by atoms with Gasteiger partial charge in [-0.1, -0.05) is 12.1 Å². The Bertz CT molecular complexity index is 924. The molecule has 132 valence electrons. The fourth-order valence-corrected chi connectivity index (χ4v) is 3.46. The van der Waals surface area contributed by atoms with Gasteiger partial charge in [0.15, 0.2) is 15.5 Å². The number of carbonyl (C=O) groups excluding carboxylic acids is 1. The summed E-state index contributed by atoms with van der Waals surface area (Å²) in [5.41, 5.74) is 7.07. The van der Waals surface area contributed by atoms with E-state index in [-0.39, 0.29) is 28.5 Å². The number of nitrogens with zero attached hydrogens (tertiary/aromatic N) is 2. The largest absolute Gasteiger partial charge is 0.464 e. The number of esters is 1. The lowest BCUT2D eigenvalue weighted by molar-refractivity contribution is 0.0593. The fraction of sp³-hybridized carbons (Fsp3) is 0.250. The van der Waals surface area contributed by atoms with Crippen LogP contribution in [0.2, 0.25) is 0 Å². The number of nitrogens with two attached hydrogens (primary N) is 1. The minimum atomic E-state index is -3.39. The summed E-state index contributed by atoms with van der Waals surface area (Å²) in [5, 5.41) is 17.9. The second kappa shape index (κ2) is 7.38. The van der Waals surface area contributed by atoms with Crippen LogP contribution in [0.4, 0.5) is 5.69 Å². The molecule has 0 fully saturated rings. The Labute approximate surface area is 145 Å². The van der Waals surface area contributed by atoms with Crippen LogP contribution in [0.5, 0.6) is 0 Å². The Balaban J connectivity index is 2.41. The van der Waals surface area contributed by atoms with Crippen molar-refractivity contribution in [3.63, 3.8) is 0 Å². The number of anilines is 1. The van der Waals surface area contributed by atoms with Crippen molar-refractivity contribution < 1.29 is 23.1 Å². The molecule has 8 nitrogen and oxygen atoms in total. The molecule has 9 heteroatoms. The van der Waals surface area contributed by atoms with Gasteiger partial charge < -0.3 is 20.1 Å². The Hall–Kier alpha value is -2.83. The number of ether oxygens (including phenoxy) is 1. The van der Waals surface area contributed by atoms with Crippen LogP contribution in [0.3, 0.4) is 0 Å². The molecule has 1 aromatic heterocycles. The Morgan fingerprint density at radius 1 is 1.36 bits per heavy atom. The first-order valence-electron chi connectivity index (χ1n) is 7.22. The van der Waals surface area contributed by atoms with Crippen LogP contribution in [0.1, 0.15) is 21.6 Å².